The number of fused-ring (bicyclic) bond motifs is 1. The van der Waals surface area contributed by atoms with Gasteiger partial charge in [-0.1, -0.05) is 51.4 Å². The Morgan fingerprint density at radius 2 is 1.90 bits per heavy atom. The van der Waals surface area contributed by atoms with Crippen LogP contribution in [0.2, 0.25) is 5.02 Å². The zero-order valence-electron chi connectivity index (χ0n) is 22.8. The average molecular weight is 592 g/mol. The van der Waals surface area contributed by atoms with Gasteiger partial charge in [-0.15, -0.1) is 10.2 Å². The smallest absolute Gasteiger partial charge is 0.250 e. The van der Waals surface area contributed by atoms with Crippen LogP contribution in [0.15, 0.2) is 45.7 Å². The fraction of sp³-hybridized carbons (Fsp3) is 0.407. The minimum Gasteiger partial charge on any atom is -0.420 e. The Hall–Kier alpha value is -3.35. The van der Waals surface area contributed by atoms with Crippen molar-refractivity contribution in [3.05, 3.63) is 58.7 Å². The summed E-state index contributed by atoms with van der Waals surface area (Å²) in [4.78, 5) is 27.6. The van der Waals surface area contributed by atoms with Crippen molar-refractivity contribution in [2.24, 2.45) is 0 Å². The van der Waals surface area contributed by atoms with Crippen LogP contribution in [-0.2, 0) is 31.4 Å². The molecule has 1 aliphatic rings. The van der Waals surface area contributed by atoms with Crippen LogP contribution in [0.1, 0.15) is 45.6 Å². The molecule has 2 aromatic carbocycles. The van der Waals surface area contributed by atoms with Crippen molar-refractivity contribution >= 4 is 38.9 Å². The van der Waals surface area contributed by atoms with Crippen LogP contribution in [0.3, 0.4) is 0 Å². The number of carbonyl (C=O) groups excluding carboxylic acids is 2. The summed E-state index contributed by atoms with van der Waals surface area (Å²) in [6, 6.07) is 6.68. The standard InChI is InChI=1S/C27H31ClFN5O5S/c1-6-19(30-5)23(35)31-20-14-40(37,38)22-12-18(29)17(24-32-33-26(39-24)27(2,3)4)11-21(22)34(25(20)36)13-15-7-9-16(28)10-8-15/h7-12,19-20,30H,6,13-14H2,1-5H3,(H,31,35)/t19-,20-/m0/s1. The summed E-state index contributed by atoms with van der Waals surface area (Å²) in [5.74, 6) is -2.74. The Bertz CT molecular complexity index is 1530. The quantitative estimate of drug-likeness (QED) is 0.425. The number of hydrogen-bond acceptors (Lipinski definition) is 8. The molecule has 3 aromatic rings. The number of carbonyl (C=O) groups is 2. The highest BCUT2D eigenvalue weighted by Gasteiger charge is 2.40. The van der Waals surface area contributed by atoms with Crippen molar-refractivity contribution in [2.75, 3.05) is 17.7 Å². The Morgan fingerprint density at radius 1 is 1.23 bits per heavy atom. The normalized spacial score (nSPS) is 17.7. The van der Waals surface area contributed by atoms with E-state index in [1.807, 2.05) is 20.8 Å². The number of aromatic nitrogens is 2. The molecule has 0 spiro atoms. The second-order valence-corrected chi connectivity index (χ2v) is 13.0. The van der Waals surface area contributed by atoms with Gasteiger partial charge in [-0.25, -0.2) is 12.8 Å². The topological polar surface area (TPSA) is 134 Å². The third-order valence-corrected chi connectivity index (χ3v) is 8.59. The first kappa shape index (κ1) is 29.6. The highest BCUT2D eigenvalue weighted by atomic mass is 35.5. The van der Waals surface area contributed by atoms with E-state index in [2.05, 4.69) is 20.8 Å². The summed E-state index contributed by atoms with van der Waals surface area (Å²) < 4.78 is 48.2. The summed E-state index contributed by atoms with van der Waals surface area (Å²) >= 11 is 6.03. The molecule has 13 heteroatoms. The first-order valence-corrected chi connectivity index (χ1v) is 14.7. The van der Waals surface area contributed by atoms with Gasteiger partial charge >= 0.3 is 0 Å². The van der Waals surface area contributed by atoms with Gasteiger partial charge in [0.05, 0.1) is 34.5 Å². The molecular weight excluding hydrogens is 561 g/mol. The van der Waals surface area contributed by atoms with E-state index in [0.717, 1.165) is 6.07 Å². The SMILES string of the molecule is CC[C@H](NC)C(=O)N[C@H]1CS(=O)(=O)c2cc(F)c(-c3nnc(C(C)(C)C)o3)cc2N(Cc2ccc(Cl)cc2)C1=O. The number of hydrogen-bond donors (Lipinski definition) is 2. The molecule has 0 aliphatic carbocycles. The molecule has 214 valence electrons. The Balaban J connectivity index is 1.87. The molecule has 2 N–H and O–H groups in total. The Kier molecular flexibility index (Phi) is 8.34. The van der Waals surface area contributed by atoms with E-state index in [9.17, 15) is 18.0 Å². The van der Waals surface area contributed by atoms with Gasteiger partial charge in [-0.05, 0) is 43.3 Å². The highest BCUT2D eigenvalue weighted by Crippen LogP contribution is 2.38. The summed E-state index contributed by atoms with van der Waals surface area (Å²) in [6.07, 6.45) is 0.417. The van der Waals surface area contributed by atoms with Crippen LogP contribution in [0.25, 0.3) is 11.5 Å². The maximum absolute atomic E-state index is 15.5. The van der Waals surface area contributed by atoms with Crippen LogP contribution in [0, 0.1) is 5.82 Å². The Morgan fingerprint density at radius 3 is 2.48 bits per heavy atom. The third-order valence-electron chi connectivity index (χ3n) is 6.57. The third kappa shape index (κ3) is 6.03. The van der Waals surface area contributed by atoms with Gasteiger partial charge in [0.15, 0.2) is 9.84 Å². The summed E-state index contributed by atoms with van der Waals surface area (Å²) in [5.41, 5.74) is -0.102. The first-order chi connectivity index (χ1) is 18.7. The first-order valence-electron chi connectivity index (χ1n) is 12.7. The van der Waals surface area contributed by atoms with E-state index in [1.165, 1.54) is 11.0 Å². The number of nitrogens with zero attached hydrogens (tertiary/aromatic N) is 3. The van der Waals surface area contributed by atoms with Gasteiger partial charge in [0.25, 0.3) is 11.8 Å². The number of amides is 2. The fourth-order valence-corrected chi connectivity index (χ4v) is 6.06. The number of nitrogens with one attached hydrogen (secondary N) is 2. The fourth-order valence-electron chi connectivity index (χ4n) is 4.32. The zero-order valence-corrected chi connectivity index (χ0v) is 24.4. The number of halogens is 2. The monoisotopic (exact) mass is 591 g/mol. The van der Waals surface area contributed by atoms with Crippen LogP contribution >= 0.6 is 11.6 Å². The van der Waals surface area contributed by atoms with E-state index in [-0.39, 0.29) is 34.5 Å². The molecule has 0 fully saturated rings. The average Bonchev–Trinajstić information content (AvgIpc) is 3.37. The molecule has 2 amide bonds. The Labute approximate surface area is 237 Å². The van der Waals surface area contributed by atoms with Gasteiger partial charge < -0.3 is 20.0 Å². The molecule has 4 rings (SSSR count). The second-order valence-electron chi connectivity index (χ2n) is 10.6. The molecular formula is C27H31ClFN5O5S. The minimum atomic E-state index is -4.24. The molecule has 2 atom stereocenters. The molecule has 10 nitrogen and oxygen atoms in total. The number of anilines is 1. The zero-order chi connectivity index (χ0) is 29.4. The summed E-state index contributed by atoms with van der Waals surface area (Å²) in [6.45, 7) is 7.26. The lowest BCUT2D eigenvalue weighted by Gasteiger charge is -2.27. The van der Waals surface area contributed by atoms with Crippen LogP contribution in [0.4, 0.5) is 10.1 Å². The number of rotatable bonds is 7. The molecule has 1 aliphatic heterocycles. The maximum atomic E-state index is 15.5. The lowest BCUT2D eigenvalue weighted by atomic mass is 9.97. The molecule has 2 heterocycles. The van der Waals surface area contributed by atoms with E-state index in [4.69, 9.17) is 16.0 Å². The number of sulfone groups is 1. The van der Waals surface area contributed by atoms with Crippen molar-refractivity contribution in [1.82, 2.24) is 20.8 Å². The van der Waals surface area contributed by atoms with E-state index in [0.29, 0.717) is 17.0 Å². The predicted octanol–water partition coefficient (Wildman–Crippen LogP) is 3.63. The molecule has 40 heavy (non-hydrogen) atoms. The second kappa shape index (κ2) is 11.3. The molecule has 0 saturated heterocycles. The van der Waals surface area contributed by atoms with Gasteiger partial charge in [0.2, 0.25) is 11.8 Å². The molecule has 1 aromatic heterocycles. The molecule has 0 saturated carbocycles. The number of benzene rings is 2. The largest absolute Gasteiger partial charge is 0.420 e. The predicted molar refractivity (Wildman–Crippen MR) is 148 cm³/mol. The molecule has 0 unspecified atom stereocenters. The maximum Gasteiger partial charge on any atom is 0.250 e. The van der Waals surface area contributed by atoms with E-state index < -0.39 is 50.7 Å². The lowest BCUT2D eigenvalue weighted by molar-refractivity contribution is -0.128. The van der Waals surface area contributed by atoms with Crippen molar-refractivity contribution in [1.29, 1.82) is 0 Å². The van der Waals surface area contributed by atoms with Gasteiger partial charge in [-0.3, -0.25) is 9.59 Å². The van der Waals surface area contributed by atoms with E-state index in [1.54, 1.807) is 38.2 Å². The van der Waals surface area contributed by atoms with Crippen molar-refractivity contribution in [3.8, 4) is 11.5 Å². The van der Waals surface area contributed by atoms with Crippen molar-refractivity contribution < 1.29 is 26.8 Å². The van der Waals surface area contributed by atoms with Crippen LogP contribution in [-0.4, -0.2) is 55.3 Å². The highest BCUT2D eigenvalue weighted by molar-refractivity contribution is 7.91. The van der Waals surface area contributed by atoms with Crippen LogP contribution < -0.4 is 15.5 Å². The molecule has 0 radical (unpaired) electrons. The molecule has 0 bridgehead atoms. The van der Waals surface area contributed by atoms with E-state index >= 15 is 4.39 Å². The summed E-state index contributed by atoms with van der Waals surface area (Å²) in [5, 5.41) is 13.9. The van der Waals surface area contributed by atoms with Gasteiger partial charge in [0, 0.05) is 10.4 Å². The number of likely N-dealkylation sites (N-methyl/N-ethyl adjacent to an activating group) is 1. The summed E-state index contributed by atoms with van der Waals surface area (Å²) in [7, 11) is -2.65. The minimum absolute atomic E-state index is 0.0655. The van der Waals surface area contributed by atoms with Crippen LogP contribution in [0.5, 0.6) is 0 Å². The lowest BCUT2D eigenvalue weighted by Crippen LogP contribution is -2.54. The van der Waals surface area contributed by atoms with Crippen molar-refractivity contribution in [3.63, 3.8) is 0 Å². The van der Waals surface area contributed by atoms with Gasteiger partial charge in [-0.2, -0.15) is 0 Å². The van der Waals surface area contributed by atoms with Gasteiger partial charge in [0.1, 0.15) is 11.9 Å². The van der Waals surface area contributed by atoms with Crippen molar-refractivity contribution in [2.45, 2.75) is 63.1 Å².